The Balaban J connectivity index is 1.38. The lowest BCUT2D eigenvalue weighted by Gasteiger charge is -2.20. The third-order valence-electron chi connectivity index (χ3n) is 8.68. The van der Waals surface area contributed by atoms with Gasteiger partial charge < -0.3 is 35.7 Å². The zero-order valence-electron chi connectivity index (χ0n) is 27.0. The first-order valence-electron chi connectivity index (χ1n) is 15.7. The number of aliphatic carboxylic acids is 1. The molecule has 4 aromatic carbocycles. The number of likely N-dealkylation sites (tertiary alicyclic amines) is 1. The van der Waals surface area contributed by atoms with Crippen LogP contribution >= 0.6 is 23.2 Å². The molecule has 1 atom stereocenters. The molecule has 48 heavy (non-hydrogen) atoms. The van der Waals surface area contributed by atoms with E-state index in [0.29, 0.717) is 67.0 Å². The number of carbonyl (C=O) groups is 1. The number of ether oxygens (including phenoxy) is 2. The highest BCUT2D eigenvalue weighted by Crippen LogP contribution is 2.40. The molecule has 1 saturated heterocycles. The van der Waals surface area contributed by atoms with Crippen molar-refractivity contribution in [2.45, 2.75) is 26.1 Å². The van der Waals surface area contributed by atoms with E-state index in [0.717, 1.165) is 50.4 Å². The molecule has 0 saturated carbocycles. The molecule has 0 spiro atoms. The summed E-state index contributed by atoms with van der Waals surface area (Å²) in [5.41, 5.74) is 7.47. The van der Waals surface area contributed by atoms with Gasteiger partial charge >= 0.3 is 5.97 Å². The number of methoxy groups -OCH3 is 2. The number of carboxylic acids is 1. The fourth-order valence-electron chi connectivity index (χ4n) is 6.13. The molecule has 0 amide bonds. The summed E-state index contributed by atoms with van der Waals surface area (Å²) in [5, 5.41) is 34.6. The first-order chi connectivity index (χ1) is 23.3. The second-order valence-electron chi connectivity index (χ2n) is 11.7. The third kappa shape index (κ3) is 7.94. The van der Waals surface area contributed by atoms with E-state index in [1.54, 1.807) is 14.2 Å². The van der Waals surface area contributed by atoms with Crippen molar-refractivity contribution in [3.05, 3.63) is 99.0 Å². The maximum Gasteiger partial charge on any atom is 0.307 e. The van der Waals surface area contributed by atoms with Crippen LogP contribution in [0.15, 0.2) is 66.7 Å². The lowest BCUT2D eigenvalue weighted by molar-refractivity contribution is -0.141. The van der Waals surface area contributed by atoms with Crippen molar-refractivity contribution in [2.75, 3.05) is 45.8 Å². The molecule has 0 aromatic heterocycles. The molecule has 9 nitrogen and oxygen atoms in total. The molecule has 0 radical (unpaired) electrons. The lowest BCUT2D eigenvalue weighted by Crippen LogP contribution is -2.23. The number of carboxylic acid groups (broad SMARTS) is 1. The Morgan fingerprint density at radius 2 is 1.69 bits per heavy atom. The van der Waals surface area contributed by atoms with E-state index in [9.17, 15) is 9.90 Å². The van der Waals surface area contributed by atoms with E-state index >= 15 is 0 Å². The molecule has 11 heteroatoms. The van der Waals surface area contributed by atoms with Crippen molar-refractivity contribution in [1.29, 1.82) is 5.41 Å². The molecule has 4 aromatic rings. The molecule has 252 valence electrons. The predicted molar refractivity (Wildman–Crippen MR) is 192 cm³/mol. The van der Waals surface area contributed by atoms with Crippen LogP contribution in [0.3, 0.4) is 0 Å². The van der Waals surface area contributed by atoms with Gasteiger partial charge in [0.25, 0.3) is 0 Å². The number of aliphatic hydroxyl groups is 1. The van der Waals surface area contributed by atoms with Crippen LogP contribution in [0, 0.1) is 11.3 Å². The molecule has 1 heterocycles. The Morgan fingerprint density at radius 1 is 0.958 bits per heavy atom. The number of aliphatic hydroxyl groups excluding tert-OH is 1. The zero-order valence-corrected chi connectivity index (χ0v) is 28.5. The van der Waals surface area contributed by atoms with E-state index in [1.807, 2.05) is 66.7 Å². The Kier molecular flexibility index (Phi) is 12.0. The van der Waals surface area contributed by atoms with Crippen molar-refractivity contribution in [3.8, 4) is 33.8 Å². The van der Waals surface area contributed by atoms with Crippen LogP contribution in [0.25, 0.3) is 22.3 Å². The number of anilines is 1. The number of hydrogen-bond acceptors (Lipinski definition) is 8. The standard InChI is InChI=1S/C37H40Cl2N4O5/c1-47-34-16-23(9-10-24(34)19-41-12-14-44)28-5-3-7-30(36(28)39)29-6-4-8-33(31(29)18-40)42-20-26-17-35(48-2)27(15-32(26)38)22-43-13-11-25(21-43)37(45)46/h3-10,15-18,25,40-42,44H,11-14,19-22H2,1-2H3,(H,45,46)/t25-/m1/s1. The summed E-state index contributed by atoms with van der Waals surface area (Å²) >= 11 is 13.8. The second-order valence-corrected chi connectivity index (χ2v) is 12.5. The Morgan fingerprint density at radius 3 is 2.40 bits per heavy atom. The number of benzene rings is 4. The molecular formula is C37H40Cl2N4O5. The highest BCUT2D eigenvalue weighted by atomic mass is 35.5. The van der Waals surface area contributed by atoms with Gasteiger partial charge in [0.05, 0.1) is 31.8 Å². The highest BCUT2D eigenvalue weighted by molar-refractivity contribution is 6.36. The monoisotopic (exact) mass is 690 g/mol. The van der Waals surface area contributed by atoms with Gasteiger partial charge in [-0.15, -0.1) is 0 Å². The van der Waals surface area contributed by atoms with Gasteiger partial charge in [0.1, 0.15) is 11.5 Å². The van der Waals surface area contributed by atoms with Gasteiger partial charge in [0, 0.05) is 77.5 Å². The van der Waals surface area contributed by atoms with E-state index in [2.05, 4.69) is 15.5 Å². The topological polar surface area (TPSA) is 127 Å². The number of rotatable bonds is 15. The maximum atomic E-state index is 11.4. The SMILES string of the molecule is COc1cc(-c2cccc(-c3cccc(NCc4cc(OC)c(CN5CC[C@@H](C(=O)O)C5)cc4Cl)c3C=N)c2Cl)ccc1CNCCO. The summed E-state index contributed by atoms with van der Waals surface area (Å²) < 4.78 is 11.4. The van der Waals surface area contributed by atoms with Crippen LogP contribution in [-0.2, 0) is 24.4 Å². The number of hydrogen-bond donors (Lipinski definition) is 5. The van der Waals surface area contributed by atoms with E-state index in [1.165, 1.54) is 6.21 Å². The average molecular weight is 692 g/mol. The molecule has 0 unspecified atom stereocenters. The van der Waals surface area contributed by atoms with Gasteiger partial charge in [-0.25, -0.2) is 0 Å². The van der Waals surface area contributed by atoms with Crippen molar-refractivity contribution in [1.82, 2.24) is 10.2 Å². The number of halogens is 2. The third-order valence-corrected chi connectivity index (χ3v) is 9.43. The summed E-state index contributed by atoms with van der Waals surface area (Å²) in [6, 6.07) is 21.4. The number of nitrogens with zero attached hydrogens (tertiary/aromatic N) is 1. The smallest absolute Gasteiger partial charge is 0.307 e. The van der Waals surface area contributed by atoms with Gasteiger partial charge in [-0.2, -0.15) is 0 Å². The minimum Gasteiger partial charge on any atom is -0.496 e. The fourth-order valence-corrected chi connectivity index (χ4v) is 6.72. The van der Waals surface area contributed by atoms with Gasteiger partial charge in [-0.1, -0.05) is 65.7 Å². The molecule has 5 rings (SSSR count). The summed E-state index contributed by atoms with van der Waals surface area (Å²) in [7, 11) is 3.25. The van der Waals surface area contributed by atoms with E-state index < -0.39 is 5.97 Å². The molecule has 5 N–H and O–H groups in total. The molecule has 1 aliphatic heterocycles. The van der Waals surface area contributed by atoms with Gasteiger partial charge in [-0.05, 0) is 53.9 Å². The van der Waals surface area contributed by atoms with Crippen molar-refractivity contribution >= 4 is 41.1 Å². The predicted octanol–water partition coefficient (Wildman–Crippen LogP) is 6.94. The summed E-state index contributed by atoms with van der Waals surface area (Å²) in [6.45, 7) is 3.27. The maximum absolute atomic E-state index is 11.4. The first-order valence-corrected chi connectivity index (χ1v) is 16.5. The van der Waals surface area contributed by atoms with Crippen LogP contribution in [0.5, 0.6) is 11.5 Å². The minimum absolute atomic E-state index is 0.0604. The van der Waals surface area contributed by atoms with Gasteiger partial charge in [0.15, 0.2) is 0 Å². The second kappa shape index (κ2) is 16.3. The highest BCUT2D eigenvalue weighted by Gasteiger charge is 2.28. The van der Waals surface area contributed by atoms with Crippen LogP contribution in [-0.4, -0.2) is 67.8 Å². The molecule has 1 fully saturated rings. The van der Waals surface area contributed by atoms with Gasteiger partial charge in [0.2, 0.25) is 0 Å². The lowest BCUT2D eigenvalue weighted by atomic mass is 9.94. The Hall–Kier alpha value is -4.12. The largest absolute Gasteiger partial charge is 0.496 e. The van der Waals surface area contributed by atoms with Gasteiger partial charge in [-0.3, -0.25) is 9.69 Å². The van der Waals surface area contributed by atoms with Crippen molar-refractivity contribution < 1.29 is 24.5 Å². The summed E-state index contributed by atoms with van der Waals surface area (Å²) in [5.74, 6) is 0.289. The Bertz CT molecular complexity index is 1780. The van der Waals surface area contributed by atoms with Crippen molar-refractivity contribution in [2.24, 2.45) is 5.92 Å². The van der Waals surface area contributed by atoms with Crippen molar-refractivity contribution in [3.63, 3.8) is 0 Å². The van der Waals surface area contributed by atoms with Crippen LogP contribution in [0.2, 0.25) is 10.0 Å². The molecule has 1 aliphatic rings. The summed E-state index contributed by atoms with van der Waals surface area (Å²) in [6.07, 6.45) is 1.95. The average Bonchev–Trinajstić information content (AvgIpc) is 3.57. The van der Waals surface area contributed by atoms with Crippen LogP contribution < -0.4 is 20.1 Å². The molecule has 0 aliphatic carbocycles. The first kappa shape index (κ1) is 35.2. The molecule has 0 bridgehead atoms. The van der Waals surface area contributed by atoms with Crippen LogP contribution in [0.4, 0.5) is 5.69 Å². The fraction of sp³-hybridized carbons (Fsp3) is 0.297. The van der Waals surface area contributed by atoms with Crippen LogP contribution in [0.1, 0.15) is 28.7 Å². The quantitative estimate of drug-likeness (QED) is 0.0671. The minimum atomic E-state index is -0.762. The Labute approximate surface area is 290 Å². The number of nitrogens with one attached hydrogen (secondary N) is 3. The molecular weight excluding hydrogens is 651 g/mol. The zero-order chi connectivity index (χ0) is 34.2. The van der Waals surface area contributed by atoms with E-state index in [-0.39, 0.29) is 12.5 Å². The summed E-state index contributed by atoms with van der Waals surface area (Å²) in [4.78, 5) is 13.5. The van der Waals surface area contributed by atoms with E-state index in [4.69, 9.17) is 43.2 Å². The normalized spacial score (nSPS) is 14.6.